The maximum Gasteiger partial charge on any atom is 0.251 e. The van der Waals surface area contributed by atoms with Crippen LogP contribution in [0.5, 0.6) is 0 Å². The van der Waals surface area contributed by atoms with Gasteiger partial charge in [0.1, 0.15) is 0 Å². The van der Waals surface area contributed by atoms with E-state index in [0.29, 0.717) is 11.6 Å². The van der Waals surface area contributed by atoms with E-state index in [0.717, 1.165) is 26.2 Å². The summed E-state index contributed by atoms with van der Waals surface area (Å²) in [4.78, 5) is 28.7. The number of carbonyl (C=O) groups is 2. The number of hydrogen-bond donors (Lipinski definition) is 1. The molecule has 1 heterocycles. The topological polar surface area (TPSA) is 52.6 Å². The van der Waals surface area contributed by atoms with Crippen LogP contribution >= 0.6 is 0 Å². The van der Waals surface area contributed by atoms with Crippen LogP contribution in [-0.2, 0) is 10.2 Å². The van der Waals surface area contributed by atoms with Gasteiger partial charge in [0, 0.05) is 37.8 Å². The quantitative estimate of drug-likeness (QED) is 0.911. The highest BCUT2D eigenvalue weighted by Crippen LogP contribution is 2.22. The van der Waals surface area contributed by atoms with Crippen molar-refractivity contribution in [3.05, 3.63) is 35.4 Å². The number of hydrogen-bond acceptors (Lipinski definition) is 3. The van der Waals surface area contributed by atoms with Gasteiger partial charge in [-0.25, -0.2) is 0 Å². The van der Waals surface area contributed by atoms with Crippen molar-refractivity contribution < 1.29 is 9.59 Å². The van der Waals surface area contributed by atoms with Gasteiger partial charge in [0.25, 0.3) is 5.91 Å². The monoisotopic (exact) mass is 345 g/mol. The number of rotatable bonds is 4. The summed E-state index contributed by atoms with van der Waals surface area (Å²) in [6, 6.07) is 8.10. The average molecular weight is 345 g/mol. The van der Waals surface area contributed by atoms with Crippen molar-refractivity contribution in [2.45, 2.75) is 46.1 Å². The molecule has 1 aromatic rings. The molecule has 25 heavy (non-hydrogen) atoms. The molecule has 1 N–H and O–H groups in total. The smallest absolute Gasteiger partial charge is 0.251 e. The van der Waals surface area contributed by atoms with E-state index >= 15 is 0 Å². The van der Waals surface area contributed by atoms with Crippen molar-refractivity contribution in [2.75, 3.05) is 32.7 Å². The number of nitrogens with one attached hydrogen (secondary N) is 1. The molecule has 0 spiro atoms. The van der Waals surface area contributed by atoms with Crippen LogP contribution in [0.4, 0.5) is 0 Å². The Hall–Kier alpha value is -1.88. The third-order valence-electron chi connectivity index (χ3n) is 4.81. The molecule has 0 saturated carbocycles. The standard InChI is InChI=1S/C20H31N3O2/c1-15(2)22-10-12-23(13-11-22)18(24)14-21-19(25)16-6-8-17(9-7-16)20(3,4)5/h6-9,15H,10-14H2,1-5H3,(H,21,25). The number of benzene rings is 1. The molecule has 2 rings (SSSR count). The van der Waals surface area contributed by atoms with Crippen LogP contribution in [0.15, 0.2) is 24.3 Å². The predicted molar refractivity (Wildman–Crippen MR) is 101 cm³/mol. The van der Waals surface area contributed by atoms with Gasteiger partial charge < -0.3 is 10.2 Å². The van der Waals surface area contributed by atoms with E-state index in [4.69, 9.17) is 0 Å². The van der Waals surface area contributed by atoms with Crippen LogP contribution in [0, 0.1) is 0 Å². The van der Waals surface area contributed by atoms with E-state index in [-0.39, 0.29) is 23.8 Å². The second-order valence-corrected chi connectivity index (χ2v) is 8.02. The van der Waals surface area contributed by atoms with Crippen LogP contribution in [0.25, 0.3) is 0 Å². The highest BCUT2D eigenvalue weighted by molar-refractivity contribution is 5.96. The molecule has 1 saturated heterocycles. The van der Waals surface area contributed by atoms with Gasteiger partial charge >= 0.3 is 0 Å². The molecule has 0 bridgehead atoms. The maximum atomic E-state index is 12.3. The Morgan fingerprint density at radius 1 is 1.04 bits per heavy atom. The second kappa shape index (κ2) is 8.00. The van der Waals surface area contributed by atoms with E-state index in [2.05, 4.69) is 44.8 Å². The molecule has 1 aliphatic rings. The second-order valence-electron chi connectivity index (χ2n) is 8.02. The van der Waals surface area contributed by atoms with Gasteiger partial charge in [0.2, 0.25) is 5.91 Å². The minimum Gasteiger partial charge on any atom is -0.343 e. The SMILES string of the molecule is CC(C)N1CCN(C(=O)CNC(=O)c2ccc(C(C)(C)C)cc2)CC1. The summed E-state index contributed by atoms with van der Waals surface area (Å²) in [5.41, 5.74) is 1.83. The zero-order chi connectivity index (χ0) is 18.6. The summed E-state index contributed by atoms with van der Waals surface area (Å²) in [5.74, 6) is -0.210. The molecular weight excluding hydrogens is 314 g/mol. The molecule has 1 fully saturated rings. The van der Waals surface area contributed by atoms with E-state index < -0.39 is 0 Å². The Bertz CT molecular complexity index is 594. The Morgan fingerprint density at radius 3 is 2.08 bits per heavy atom. The Labute approximate surface area is 151 Å². The van der Waals surface area contributed by atoms with Crippen molar-refractivity contribution in [2.24, 2.45) is 0 Å². The van der Waals surface area contributed by atoms with E-state index in [1.165, 1.54) is 5.56 Å². The molecule has 0 atom stereocenters. The fourth-order valence-electron chi connectivity index (χ4n) is 2.98. The zero-order valence-corrected chi connectivity index (χ0v) is 16.1. The lowest BCUT2D eigenvalue weighted by molar-refractivity contribution is -0.132. The third-order valence-corrected chi connectivity index (χ3v) is 4.81. The normalized spacial score (nSPS) is 16.2. The maximum absolute atomic E-state index is 12.3. The summed E-state index contributed by atoms with van der Waals surface area (Å²) in [6.45, 7) is 14.1. The lowest BCUT2D eigenvalue weighted by atomic mass is 9.87. The number of piperazine rings is 1. The summed E-state index contributed by atoms with van der Waals surface area (Å²) >= 11 is 0. The molecule has 0 aromatic heterocycles. The van der Waals surface area contributed by atoms with Crippen molar-refractivity contribution in [1.82, 2.24) is 15.1 Å². The van der Waals surface area contributed by atoms with Crippen molar-refractivity contribution in [3.8, 4) is 0 Å². The number of carbonyl (C=O) groups excluding carboxylic acids is 2. The first-order chi connectivity index (χ1) is 11.7. The first-order valence-corrected chi connectivity index (χ1v) is 9.09. The fourth-order valence-corrected chi connectivity index (χ4v) is 2.98. The molecule has 1 aliphatic heterocycles. The Balaban J connectivity index is 1.83. The van der Waals surface area contributed by atoms with E-state index in [1.54, 1.807) is 0 Å². The summed E-state index contributed by atoms with van der Waals surface area (Å²) in [5, 5.41) is 2.74. The van der Waals surface area contributed by atoms with Gasteiger partial charge in [0.05, 0.1) is 6.54 Å². The Morgan fingerprint density at radius 2 is 1.60 bits per heavy atom. The third kappa shape index (κ3) is 5.30. The van der Waals surface area contributed by atoms with Crippen LogP contribution in [-0.4, -0.2) is 60.4 Å². The van der Waals surface area contributed by atoms with Gasteiger partial charge in [-0.1, -0.05) is 32.9 Å². The van der Waals surface area contributed by atoms with Gasteiger partial charge in [-0.15, -0.1) is 0 Å². The number of amides is 2. The summed E-state index contributed by atoms with van der Waals surface area (Å²) in [7, 11) is 0. The summed E-state index contributed by atoms with van der Waals surface area (Å²) < 4.78 is 0. The first kappa shape index (κ1) is 19.4. The molecule has 5 heteroatoms. The molecule has 5 nitrogen and oxygen atoms in total. The fraction of sp³-hybridized carbons (Fsp3) is 0.600. The molecule has 0 unspecified atom stereocenters. The van der Waals surface area contributed by atoms with Crippen LogP contribution in [0.1, 0.15) is 50.5 Å². The van der Waals surface area contributed by atoms with Crippen molar-refractivity contribution in [1.29, 1.82) is 0 Å². The lowest BCUT2D eigenvalue weighted by Gasteiger charge is -2.36. The van der Waals surface area contributed by atoms with Crippen LogP contribution in [0.2, 0.25) is 0 Å². The molecule has 138 valence electrons. The molecular formula is C20H31N3O2. The highest BCUT2D eigenvalue weighted by atomic mass is 16.2. The minimum atomic E-state index is -0.199. The van der Waals surface area contributed by atoms with E-state index in [1.807, 2.05) is 29.2 Å². The van der Waals surface area contributed by atoms with Gasteiger partial charge in [-0.05, 0) is 37.0 Å². The van der Waals surface area contributed by atoms with Crippen molar-refractivity contribution >= 4 is 11.8 Å². The van der Waals surface area contributed by atoms with Crippen molar-refractivity contribution in [3.63, 3.8) is 0 Å². The summed E-state index contributed by atoms with van der Waals surface area (Å²) in [6.07, 6.45) is 0. The number of nitrogens with zero attached hydrogens (tertiary/aromatic N) is 2. The lowest BCUT2D eigenvalue weighted by Crippen LogP contribution is -2.52. The largest absolute Gasteiger partial charge is 0.343 e. The van der Waals surface area contributed by atoms with E-state index in [9.17, 15) is 9.59 Å². The predicted octanol–water partition coefficient (Wildman–Crippen LogP) is 2.27. The Kier molecular flexibility index (Phi) is 6.22. The molecule has 1 aromatic carbocycles. The molecule has 0 radical (unpaired) electrons. The molecule has 2 amide bonds. The first-order valence-electron chi connectivity index (χ1n) is 9.09. The highest BCUT2D eigenvalue weighted by Gasteiger charge is 2.22. The van der Waals surface area contributed by atoms with Crippen LogP contribution < -0.4 is 5.32 Å². The minimum absolute atomic E-state index is 0.0110. The van der Waals surface area contributed by atoms with Crippen LogP contribution in [0.3, 0.4) is 0 Å². The van der Waals surface area contributed by atoms with Gasteiger partial charge in [0.15, 0.2) is 0 Å². The average Bonchev–Trinajstić information content (AvgIpc) is 2.58. The van der Waals surface area contributed by atoms with Gasteiger partial charge in [-0.3, -0.25) is 14.5 Å². The molecule has 0 aliphatic carbocycles. The zero-order valence-electron chi connectivity index (χ0n) is 16.1. The van der Waals surface area contributed by atoms with Gasteiger partial charge in [-0.2, -0.15) is 0 Å².